The molecule has 1 aliphatic carbocycles. The van der Waals surface area contributed by atoms with Crippen molar-refractivity contribution in [1.82, 2.24) is 15.1 Å². The summed E-state index contributed by atoms with van der Waals surface area (Å²) in [6, 6.07) is 11.9. The van der Waals surface area contributed by atoms with E-state index in [1.807, 2.05) is 0 Å². The lowest BCUT2D eigenvalue weighted by molar-refractivity contribution is 0.422. The molecule has 1 aromatic heterocycles. The van der Waals surface area contributed by atoms with E-state index in [0.29, 0.717) is 12.1 Å². The third-order valence-corrected chi connectivity index (χ3v) is 4.64. The van der Waals surface area contributed by atoms with Crippen molar-refractivity contribution in [2.75, 3.05) is 0 Å². The molecule has 3 rings (SSSR count). The molecule has 0 saturated heterocycles. The van der Waals surface area contributed by atoms with Gasteiger partial charge in [0.15, 0.2) is 0 Å². The van der Waals surface area contributed by atoms with Gasteiger partial charge in [0.1, 0.15) is 0 Å². The molecular weight excluding hydrogens is 258 g/mol. The molecule has 0 bridgehead atoms. The fourth-order valence-electron chi connectivity index (χ4n) is 3.33. The highest BCUT2D eigenvalue weighted by molar-refractivity contribution is 5.34. The molecule has 3 nitrogen and oxygen atoms in total. The highest BCUT2D eigenvalue weighted by Crippen LogP contribution is 2.30. The normalized spacial score (nSPS) is 17.4. The van der Waals surface area contributed by atoms with Gasteiger partial charge < -0.3 is 5.32 Å². The standard InChI is InChI=1S/C18H25N3/c1-3-16(4-2)21-12-11-15(20-21)13-19-18-10-9-14-7-5-6-8-17(14)18/h5-8,11-12,16,18-19H,3-4,9-10,13H2,1-2H3. The van der Waals surface area contributed by atoms with E-state index in [1.54, 1.807) is 0 Å². The number of aromatic nitrogens is 2. The van der Waals surface area contributed by atoms with E-state index in [2.05, 4.69) is 60.4 Å². The summed E-state index contributed by atoms with van der Waals surface area (Å²) in [6.45, 7) is 5.30. The van der Waals surface area contributed by atoms with Crippen molar-refractivity contribution in [2.45, 2.75) is 58.2 Å². The number of fused-ring (bicyclic) bond motifs is 1. The molecule has 0 aliphatic heterocycles. The summed E-state index contributed by atoms with van der Waals surface area (Å²) in [5, 5.41) is 8.39. The second-order valence-electron chi connectivity index (χ2n) is 5.93. The van der Waals surface area contributed by atoms with E-state index in [-0.39, 0.29) is 0 Å². The van der Waals surface area contributed by atoms with Gasteiger partial charge in [-0.1, -0.05) is 38.1 Å². The first-order valence-electron chi connectivity index (χ1n) is 8.17. The van der Waals surface area contributed by atoms with Gasteiger partial charge in [0.25, 0.3) is 0 Å². The van der Waals surface area contributed by atoms with Crippen molar-refractivity contribution in [3.63, 3.8) is 0 Å². The molecule has 3 heteroatoms. The first kappa shape index (κ1) is 14.3. The van der Waals surface area contributed by atoms with Crippen molar-refractivity contribution >= 4 is 0 Å². The summed E-state index contributed by atoms with van der Waals surface area (Å²) in [6.07, 6.45) is 6.79. The van der Waals surface area contributed by atoms with E-state index < -0.39 is 0 Å². The number of hydrogen-bond acceptors (Lipinski definition) is 2. The molecule has 2 aromatic rings. The summed E-state index contributed by atoms with van der Waals surface area (Å²) in [4.78, 5) is 0. The van der Waals surface area contributed by atoms with Gasteiger partial charge >= 0.3 is 0 Å². The van der Waals surface area contributed by atoms with Crippen LogP contribution in [0.25, 0.3) is 0 Å². The molecule has 0 radical (unpaired) electrons. The Balaban J connectivity index is 1.61. The van der Waals surface area contributed by atoms with E-state index in [1.165, 1.54) is 24.0 Å². The zero-order valence-electron chi connectivity index (χ0n) is 13.0. The zero-order valence-corrected chi connectivity index (χ0v) is 13.0. The molecule has 1 aromatic carbocycles. The number of nitrogens with one attached hydrogen (secondary N) is 1. The van der Waals surface area contributed by atoms with Crippen molar-refractivity contribution in [3.05, 3.63) is 53.3 Å². The molecule has 0 spiro atoms. The Hall–Kier alpha value is -1.61. The molecule has 0 saturated carbocycles. The number of aryl methyl sites for hydroxylation is 1. The fraction of sp³-hybridized carbons (Fsp3) is 0.500. The average Bonchev–Trinajstić information content (AvgIpc) is 3.13. The van der Waals surface area contributed by atoms with E-state index in [4.69, 9.17) is 5.10 Å². The van der Waals surface area contributed by atoms with Gasteiger partial charge in [0.05, 0.1) is 11.7 Å². The summed E-state index contributed by atoms with van der Waals surface area (Å²) in [7, 11) is 0. The van der Waals surface area contributed by atoms with Gasteiger partial charge in [0, 0.05) is 18.8 Å². The van der Waals surface area contributed by atoms with Crippen molar-refractivity contribution in [2.24, 2.45) is 0 Å². The van der Waals surface area contributed by atoms with Gasteiger partial charge in [-0.2, -0.15) is 5.10 Å². The van der Waals surface area contributed by atoms with Crippen LogP contribution in [0.1, 0.15) is 62.0 Å². The van der Waals surface area contributed by atoms with Gasteiger partial charge in [0.2, 0.25) is 0 Å². The van der Waals surface area contributed by atoms with Crippen LogP contribution in [-0.4, -0.2) is 9.78 Å². The second kappa shape index (κ2) is 6.44. The summed E-state index contributed by atoms with van der Waals surface area (Å²) in [5.41, 5.74) is 4.11. The SMILES string of the molecule is CCC(CC)n1ccc(CNC2CCc3ccccc32)n1. The van der Waals surface area contributed by atoms with Crippen LogP contribution in [0, 0.1) is 0 Å². The first-order chi connectivity index (χ1) is 10.3. The van der Waals surface area contributed by atoms with Crippen LogP contribution in [0.15, 0.2) is 36.5 Å². The third kappa shape index (κ3) is 3.03. The second-order valence-corrected chi connectivity index (χ2v) is 5.93. The van der Waals surface area contributed by atoms with Crippen molar-refractivity contribution in [3.8, 4) is 0 Å². The maximum Gasteiger partial charge on any atom is 0.0762 e. The molecule has 112 valence electrons. The lowest BCUT2D eigenvalue weighted by Crippen LogP contribution is -2.19. The molecule has 1 unspecified atom stereocenters. The maximum absolute atomic E-state index is 4.72. The van der Waals surface area contributed by atoms with Crippen LogP contribution in [0.5, 0.6) is 0 Å². The summed E-state index contributed by atoms with van der Waals surface area (Å²) >= 11 is 0. The van der Waals surface area contributed by atoms with Crippen molar-refractivity contribution in [1.29, 1.82) is 0 Å². The topological polar surface area (TPSA) is 29.9 Å². The van der Waals surface area contributed by atoms with Gasteiger partial charge in [-0.3, -0.25) is 4.68 Å². The minimum atomic E-state index is 0.486. The minimum Gasteiger partial charge on any atom is -0.304 e. The smallest absolute Gasteiger partial charge is 0.0762 e. The molecule has 0 amide bonds. The predicted molar refractivity (Wildman–Crippen MR) is 86.2 cm³/mol. The van der Waals surface area contributed by atoms with E-state index in [9.17, 15) is 0 Å². The predicted octanol–water partition coefficient (Wildman–Crippen LogP) is 4.02. The lowest BCUT2D eigenvalue weighted by atomic mass is 10.1. The molecule has 21 heavy (non-hydrogen) atoms. The Kier molecular flexibility index (Phi) is 4.39. The first-order valence-corrected chi connectivity index (χ1v) is 8.17. The van der Waals surface area contributed by atoms with Crippen LogP contribution in [0.2, 0.25) is 0 Å². The number of rotatable bonds is 6. The highest BCUT2D eigenvalue weighted by Gasteiger charge is 2.21. The van der Waals surface area contributed by atoms with Gasteiger partial charge in [-0.05, 0) is 42.9 Å². The minimum absolute atomic E-state index is 0.486. The molecule has 1 atom stereocenters. The van der Waals surface area contributed by atoms with Crippen molar-refractivity contribution < 1.29 is 0 Å². The number of hydrogen-bond donors (Lipinski definition) is 1. The summed E-state index contributed by atoms with van der Waals surface area (Å²) < 4.78 is 2.12. The zero-order chi connectivity index (χ0) is 14.7. The Bertz CT molecular complexity index is 584. The molecule has 1 N–H and O–H groups in total. The van der Waals surface area contributed by atoms with Crippen LogP contribution < -0.4 is 5.32 Å². The Morgan fingerprint density at radius 2 is 2.05 bits per heavy atom. The third-order valence-electron chi connectivity index (χ3n) is 4.64. The highest BCUT2D eigenvalue weighted by atomic mass is 15.3. The molecule has 1 aliphatic rings. The van der Waals surface area contributed by atoms with E-state index >= 15 is 0 Å². The van der Waals surface area contributed by atoms with Gasteiger partial charge in [-0.25, -0.2) is 0 Å². The van der Waals surface area contributed by atoms with E-state index in [0.717, 1.165) is 25.1 Å². The monoisotopic (exact) mass is 283 g/mol. The number of benzene rings is 1. The quantitative estimate of drug-likeness (QED) is 0.867. The molecule has 1 heterocycles. The van der Waals surface area contributed by atoms with Crippen LogP contribution >= 0.6 is 0 Å². The Labute approximate surface area is 127 Å². The Morgan fingerprint density at radius 3 is 2.86 bits per heavy atom. The van der Waals surface area contributed by atoms with Gasteiger partial charge in [-0.15, -0.1) is 0 Å². The Morgan fingerprint density at radius 1 is 1.24 bits per heavy atom. The van der Waals surface area contributed by atoms with Crippen LogP contribution in [0.3, 0.4) is 0 Å². The molecule has 0 fully saturated rings. The summed E-state index contributed by atoms with van der Waals surface area (Å²) in [5.74, 6) is 0. The lowest BCUT2D eigenvalue weighted by Gasteiger charge is -2.14. The number of nitrogens with zero attached hydrogens (tertiary/aromatic N) is 2. The van der Waals surface area contributed by atoms with Crippen LogP contribution in [-0.2, 0) is 13.0 Å². The fourth-order valence-corrected chi connectivity index (χ4v) is 3.33. The largest absolute Gasteiger partial charge is 0.304 e. The maximum atomic E-state index is 4.72. The average molecular weight is 283 g/mol. The molecular formula is C18H25N3. The van der Waals surface area contributed by atoms with Crippen LogP contribution in [0.4, 0.5) is 0 Å².